The zero-order valence-electron chi connectivity index (χ0n) is 17.7. The van der Waals surface area contributed by atoms with E-state index in [4.69, 9.17) is 9.47 Å². The van der Waals surface area contributed by atoms with Crippen LogP contribution in [-0.4, -0.2) is 52.8 Å². The number of aryl methyl sites for hydroxylation is 1. The van der Waals surface area contributed by atoms with Crippen molar-refractivity contribution in [1.82, 2.24) is 4.90 Å². The second-order valence-corrected chi connectivity index (χ2v) is 8.81. The third kappa shape index (κ3) is 5.41. The van der Waals surface area contributed by atoms with Crippen molar-refractivity contribution < 1.29 is 22.7 Å². The number of ether oxygens (including phenoxy) is 2. The fourth-order valence-electron chi connectivity index (χ4n) is 3.14. The molecule has 0 saturated heterocycles. The van der Waals surface area contributed by atoms with Gasteiger partial charge in [-0.05, 0) is 43.7 Å². The van der Waals surface area contributed by atoms with Gasteiger partial charge in [0.1, 0.15) is 6.04 Å². The first-order valence-corrected chi connectivity index (χ1v) is 10.9. The Morgan fingerprint density at radius 1 is 1.03 bits per heavy atom. The lowest BCUT2D eigenvalue weighted by Crippen LogP contribution is -2.48. The van der Waals surface area contributed by atoms with Gasteiger partial charge in [0.15, 0.2) is 11.5 Å². The summed E-state index contributed by atoms with van der Waals surface area (Å²) in [5.74, 6) is 0.850. The maximum atomic E-state index is 13.0. The van der Waals surface area contributed by atoms with Crippen molar-refractivity contribution in [2.75, 3.05) is 31.8 Å². The molecule has 1 atom stereocenters. The number of carbonyl (C=O) groups is 1. The standard InChI is InChI=1S/C21H28N2O5S/c1-15-7-10-18(11-8-15)23(29(6,25)26)16(2)21(24)22(3)14-17-9-12-19(27-4)20(13-17)28-5/h7-13,16H,14H2,1-6H3/t16-/m1/s1. The van der Waals surface area contributed by atoms with Crippen LogP contribution in [0.2, 0.25) is 0 Å². The van der Waals surface area contributed by atoms with E-state index >= 15 is 0 Å². The van der Waals surface area contributed by atoms with Crippen LogP contribution in [0.25, 0.3) is 0 Å². The van der Waals surface area contributed by atoms with Crippen LogP contribution in [-0.2, 0) is 21.4 Å². The molecule has 0 N–H and O–H groups in total. The van der Waals surface area contributed by atoms with Crippen LogP contribution >= 0.6 is 0 Å². The van der Waals surface area contributed by atoms with Crippen LogP contribution < -0.4 is 13.8 Å². The minimum Gasteiger partial charge on any atom is -0.493 e. The first-order chi connectivity index (χ1) is 13.6. The molecule has 0 unspecified atom stereocenters. The molecule has 7 nitrogen and oxygen atoms in total. The minimum atomic E-state index is -3.65. The summed E-state index contributed by atoms with van der Waals surface area (Å²) in [5.41, 5.74) is 2.30. The molecule has 0 heterocycles. The molecule has 8 heteroatoms. The molecule has 0 saturated carbocycles. The fraction of sp³-hybridized carbons (Fsp3) is 0.381. The fourth-order valence-corrected chi connectivity index (χ4v) is 4.31. The third-order valence-electron chi connectivity index (χ3n) is 4.60. The van der Waals surface area contributed by atoms with Gasteiger partial charge < -0.3 is 14.4 Å². The summed E-state index contributed by atoms with van der Waals surface area (Å²) in [6.07, 6.45) is 1.10. The Morgan fingerprint density at radius 3 is 2.14 bits per heavy atom. The summed E-state index contributed by atoms with van der Waals surface area (Å²) >= 11 is 0. The van der Waals surface area contributed by atoms with Crippen molar-refractivity contribution in [3.05, 3.63) is 53.6 Å². The molecule has 1 amide bonds. The van der Waals surface area contributed by atoms with Gasteiger partial charge in [-0.2, -0.15) is 0 Å². The van der Waals surface area contributed by atoms with Gasteiger partial charge in [-0.1, -0.05) is 23.8 Å². The molecule has 0 aromatic heterocycles. The number of amides is 1. The largest absolute Gasteiger partial charge is 0.493 e. The zero-order valence-corrected chi connectivity index (χ0v) is 18.5. The summed E-state index contributed by atoms with van der Waals surface area (Å²) in [4.78, 5) is 14.5. The van der Waals surface area contributed by atoms with Crippen LogP contribution in [0.3, 0.4) is 0 Å². The maximum Gasteiger partial charge on any atom is 0.246 e. The average Bonchev–Trinajstić information content (AvgIpc) is 2.67. The van der Waals surface area contributed by atoms with Gasteiger partial charge in [0.25, 0.3) is 0 Å². The maximum absolute atomic E-state index is 13.0. The Morgan fingerprint density at radius 2 is 1.62 bits per heavy atom. The molecule has 0 radical (unpaired) electrons. The zero-order chi connectivity index (χ0) is 21.8. The van der Waals surface area contributed by atoms with Crippen molar-refractivity contribution >= 4 is 21.6 Å². The highest BCUT2D eigenvalue weighted by molar-refractivity contribution is 7.92. The Labute approximate surface area is 172 Å². The topological polar surface area (TPSA) is 76.2 Å². The van der Waals surface area contributed by atoms with Crippen molar-refractivity contribution in [3.63, 3.8) is 0 Å². The highest BCUT2D eigenvalue weighted by atomic mass is 32.2. The normalized spacial score (nSPS) is 12.2. The highest BCUT2D eigenvalue weighted by Crippen LogP contribution is 2.28. The van der Waals surface area contributed by atoms with Crippen LogP contribution in [0.5, 0.6) is 11.5 Å². The average molecular weight is 421 g/mol. The van der Waals surface area contributed by atoms with Gasteiger partial charge in [-0.15, -0.1) is 0 Å². The van der Waals surface area contributed by atoms with Gasteiger partial charge in [0.05, 0.1) is 26.2 Å². The van der Waals surface area contributed by atoms with Crippen molar-refractivity contribution in [3.8, 4) is 11.5 Å². The van der Waals surface area contributed by atoms with E-state index in [1.807, 2.05) is 25.1 Å². The number of anilines is 1. The Hall–Kier alpha value is -2.74. The van der Waals surface area contributed by atoms with Gasteiger partial charge in [0, 0.05) is 13.6 Å². The number of rotatable bonds is 8. The molecule has 29 heavy (non-hydrogen) atoms. The van der Waals surface area contributed by atoms with Crippen LogP contribution in [0.15, 0.2) is 42.5 Å². The van der Waals surface area contributed by atoms with E-state index in [9.17, 15) is 13.2 Å². The smallest absolute Gasteiger partial charge is 0.246 e. The third-order valence-corrected chi connectivity index (χ3v) is 5.84. The SMILES string of the molecule is COc1ccc(CN(C)C(=O)[C@@H](C)N(c2ccc(C)cc2)S(C)(=O)=O)cc1OC. The first-order valence-electron chi connectivity index (χ1n) is 9.10. The molecule has 158 valence electrons. The van der Waals surface area contributed by atoms with E-state index in [2.05, 4.69) is 0 Å². The van der Waals surface area contributed by atoms with E-state index in [1.165, 1.54) is 4.90 Å². The molecule has 0 aliphatic carbocycles. The molecule has 0 spiro atoms. The summed E-state index contributed by atoms with van der Waals surface area (Å²) in [5, 5.41) is 0. The van der Waals surface area contributed by atoms with E-state index in [1.54, 1.807) is 52.5 Å². The Kier molecular flexibility index (Phi) is 7.13. The Balaban J connectivity index is 2.25. The number of carbonyl (C=O) groups excluding carboxylic acids is 1. The number of sulfonamides is 1. The Bertz CT molecular complexity index is 958. The molecule has 0 aliphatic heterocycles. The molecule has 2 aromatic rings. The van der Waals surface area contributed by atoms with Gasteiger partial charge in [-0.25, -0.2) is 8.42 Å². The lowest BCUT2D eigenvalue weighted by Gasteiger charge is -2.31. The molecule has 2 aromatic carbocycles. The summed E-state index contributed by atoms with van der Waals surface area (Å²) in [7, 11) is 1.09. The number of hydrogen-bond donors (Lipinski definition) is 0. The first kappa shape index (κ1) is 22.5. The van der Waals surface area contributed by atoms with Crippen molar-refractivity contribution in [2.24, 2.45) is 0 Å². The molecular formula is C21H28N2O5S. The molecule has 0 fully saturated rings. The van der Waals surface area contributed by atoms with Crippen LogP contribution in [0.1, 0.15) is 18.1 Å². The van der Waals surface area contributed by atoms with Crippen LogP contribution in [0.4, 0.5) is 5.69 Å². The summed E-state index contributed by atoms with van der Waals surface area (Å²) < 4.78 is 36.5. The number of likely N-dealkylation sites (N-methyl/N-ethyl adjacent to an activating group) is 1. The van der Waals surface area contributed by atoms with E-state index < -0.39 is 16.1 Å². The minimum absolute atomic E-state index is 0.301. The van der Waals surface area contributed by atoms with Gasteiger partial charge in [0.2, 0.25) is 15.9 Å². The van der Waals surface area contributed by atoms with E-state index in [0.29, 0.717) is 23.7 Å². The second kappa shape index (κ2) is 9.17. The van der Waals surface area contributed by atoms with Crippen molar-refractivity contribution in [2.45, 2.75) is 26.4 Å². The summed E-state index contributed by atoms with van der Waals surface area (Å²) in [6, 6.07) is 11.5. The number of hydrogen-bond acceptors (Lipinski definition) is 5. The summed E-state index contributed by atoms with van der Waals surface area (Å²) in [6.45, 7) is 3.81. The lowest BCUT2D eigenvalue weighted by molar-refractivity contribution is -0.131. The lowest BCUT2D eigenvalue weighted by atomic mass is 10.1. The van der Waals surface area contributed by atoms with Crippen LogP contribution in [0, 0.1) is 6.92 Å². The molecule has 0 aliphatic rings. The second-order valence-electron chi connectivity index (χ2n) is 6.95. The molecule has 2 rings (SSSR count). The van der Waals surface area contributed by atoms with Gasteiger partial charge >= 0.3 is 0 Å². The number of benzene rings is 2. The van der Waals surface area contributed by atoms with E-state index in [-0.39, 0.29) is 5.91 Å². The quantitative estimate of drug-likeness (QED) is 0.656. The number of nitrogens with zero attached hydrogens (tertiary/aromatic N) is 2. The van der Waals surface area contributed by atoms with Crippen molar-refractivity contribution in [1.29, 1.82) is 0 Å². The monoisotopic (exact) mass is 420 g/mol. The highest BCUT2D eigenvalue weighted by Gasteiger charge is 2.31. The number of methoxy groups -OCH3 is 2. The predicted octanol–water partition coefficient (Wildman–Crippen LogP) is 2.83. The molecular weight excluding hydrogens is 392 g/mol. The predicted molar refractivity (Wildman–Crippen MR) is 114 cm³/mol. The molecule has 0 bridgehead atoms. The van der Waals surface area contributed by atoms with E-state index in [0.717, 1.165) is 21.7 Å². The van der Waals surface area contributed by atoms with Gasteiger partial charge in [-0.3, -0.25) is 9.10 Å².